The van der Waals surface area contributed by atoms with Crippen molar-refractivity contribution in [2.75, 3.05) is 12.0 Å². The molecule has 2 aliphatic heterocycles. The Morgan fingerprint density at radius 3 is 2.56 bits per heavy atom. The number of rotatable bonds is 2. The SMILES string of the molecule is COc1ccc(Cl)cc1N1C2CCC1CC(N)C2. The molecule has 2 aliphatic rings. The zero-order chi connectivity index (χ0) is 12.7. The number of piperidine rings is 1. The van der Waals surface area contributed by atoms with Crippen LogP contribution in [0.2, 0.25) is 5.02 Å². The predicted molar refractivity (Wildman–Crippen MR) is 74.5 cm³/mol. The van der Waals surface area contributed by atoms with E-state index in [9.17, 15) is 0 Å². The van der Waals surface area contributed by atoms with Gasteiger partial charge in [-0.3, -0.25) is 0 Å². The molecule has 0 aromatic heterocycles. The smallest absolute Gasteiger partial charge is 0.142 e. The maximum atomic E-state index is 6.13. The molecule has 1 aromatic rings. The van der Waals surface area contributed by atoms with E-state index in [1.165, 1.54) is 12.8 Å². The summed E-state index contributed by atoms with van der Waals surface area (Å²) in [6.45, 7) is 0. The number of hydrogen-bond acceptors (Lipinski definition) is 3. The van der Waals surface area contributed by atoms with Gasteiger partial charge in [0.2, 0.25) is 0 Å². The highest BCUT2D eigenvalue weighted by atomic mass is 35.5. The topological polar surface area (TPSA) is 38.5 Å². The number of hydrogen-bond donors (Lipinski definition) is 1. The number of anilines is 1. The lowest BCUT2D eigenvalue weighted by molar-refractivity contribution is 0.391. The molecule has 2 N–H and O–H groups in total. The average molecular weight is 267 g/mol. The van der Waals surface area contributed by atoms with Crippen molar-refractivity contribution in [1.29, 1.82) is 0 Å². The molecule has 2 saturated heterocycles. The van der Waals surface area contributed by atoms with Crippen LogP contribution in [-0.2, 0) is 0 Å². The molecule has 18 heavy (non-hydrogen) atoms. The zero-order valence-electron chi connectivity index (χ0n) is 10.6. The number of ether oxygens (including phenoxy) is 1. The van der Waals surface area contributed by atoms with E-state index < -0.39 is 0 Å². The Morgan fingerprint density at radius 1 is 1.28 bits per heavy atom. The molecule has 4 heteroatoms. The first kappa shape index (κ1) is 12.1. The van der Waals surface area contributed by atoms with Gasteiger partial charge in [-0.25, -0.2) is 0 Å². The molecule has 3 rings (SSSR count). The van der Waals surface area contributed by atoms with E-state index in [1.807, 2.05) is 18.2 Å². The molecule has 1 aromatic carbocycles. The Bertz CT molecular complexity index is 437. The maximum absolute atomic E-state index is 6.13. The number of methoxy groups -OCH3 is 1. The van der Waals surface area contributed by atoms with E-state index >= 15 is 0 Å². The van der Waals surface area contributed by atoms with E-state index in [0.717, 1.165) is 29.3 Å². The Hall–Kier alpha value is -0.930. The molecule has 2 bridgehead atoms. The number of nitrogens with zero attached hydrogens (tertiary/aromatic N) is 1. The molecule has 3 nitrogen and oxygen atoms in total. The van der Waals surface area contributed by atoms with Gasteiger partial charge in [0.15, 0.2) is 0 Å². The van der Waals surface area contributed by atoms with Crippen LogP contribution < -0.4 is 15.4 Å². The Balaban J connectivity index is 1.98. The van der Waals surface area contributed by atoms with Crippen LogP contribution in [0.1, 0.15) is 25.7 Å². The molecule has 2 unspecified atom stereocenters. The van der Waals surface area contributed by atoms with Gasteiger partial charge in [-0.2, -0.15) is 0 Å². The van der Waals surface area contributed by atoms with Crippen molar-refractivity contribution in [2.24, 2.45) is 5.73 Å². The summed E-state index contributed by atoms with van der Waals surface area (Å²) in [5.74, 6) is 0.909. The molecular weight excluding hydrogens is 248 g/mol. The third-order valence-corrected chi connectivity index (χ3v) is 4.42. The van der Waals surface area contributed by atoms with Crippen LogP contribution in [-0.4, -0.2) is 25.2 Å². The van der Waals surface area contributed by atoms with Crippen LogP contribution >= 0.6 is 11.6 Å². The Kier molecular flexibility index (Phi) is 3.12. The predicted octanol–water partition coefficient (Wildman–Crippen LogP) is 2.81. The summed E-state index contributed by atoms with van der Waals surface area (Å²) in [4.78, 5) is 2.48. The van der Waals surface area contributed by atoms with Gasteiger partial charge in [0, 0.05) is 23.1 Å². The molecule has 98 valence electrons. The molecule has 2 atom stereocenters. The lowest BCUT2D eigenvalue weighted by atomic mass is 9.97. The fourth-order valence-electron chi connectivity index (χ4n) is 3.48. The van der Waals surface area contributed by atoms with Gasteiger partial charge in [0.05, 0.1) is 12.8 Å². The summed E-state index contributed by atoms with van der Waals surface area (Å²) >= 11 is 6.13. The lowest BCUT2D eigenvalue weighted by Gasteiger charge is -2.40. The van der Waals surface area contributed by atoms with Crippen molar-refractivity contribution in [3.8, 4) is 5.75 Å². The van der Waals surface area contributed by atoms with Crippen molar-refractivity contribution in [3.05, 3.63) is 23.2 Å². The first-order valence-electron chi connectivity index (χ1n) is 6.56. The third-order valence-electron chi connectivity index (χ3n) is 4.19. The lowest BCUT2D eigenvalue weighted by Crippen LogP contribution is -2.47. The summed E-state index contributed by atoms with van der Waals surface area (Å²) in [5.41, 5.74) is 7.24. The average Bonchev–Trinajstić information content (AvgIpc) is 2.61. The summed E-state index contributed by atoms with van der Waals surface area (Å²) in [7, 11) is 1.71. The number of fused-ring (bicyclic) bond motifs is 2. The summed E-state index contributed by atoms with van der Waals surface area (Å²) in [6, 6.07) is 7.29. The van der Waals surface area contributed by atoms with E-state index in [1.54, 1.807) is 7.11 Å². The van der Waals surface area contributed by atoms with Gasteiger partial charge in [-0.15, -0.1) is 0 Å². The summed E-state index contributed by atoms with van der Waals surface area (Å²) < 4.78 is 5.47. The van der Waals surface area contributed by atoms with Crippen LogP contribution in [0.15, 0.2) is 18.2 Å². The Labute approximate surface area is 113 Å². The molecule has 0 saturated carbocycles. The standard InChI is InChI=1S/C14H19ClN2O/c1-18-14-5-2-9(15)6-13(14)17-11-3-4-12(17)8-10(16)7-11/h2,5-6,10-12H,3-4,7-8,16H2,1H3. The van der Waals surface area contributed by atoms with Gasteiger partial charge in [-0.05, 0) is 43.9 Å². The van der Waals surface area contributed by atoms with E-state index in [2.05, 4.69) is 4.90 Å². The van der Waals surface area contributed by atoms with Crippen molar-refractivity contribution in [1.82, 2.24) is 0 Å². The van der Waals surface area contributed by atoms with Crippen LogP contribution in [0.3, 0.4) is 0 Å². The molecule has 2 fully saturated rings. The van der Waals surface area contributed by atoms with Gasteiger partial charge in [0.25, 0.3) is 0 Å². The van der Waals surface area contributed by atoms with Crippen molar-refractivity contribution in [3.63, 3.8) is 0 Å². The fraction of sp³-hybridized carbons (Fsp3) is 0.571. The second-order valence-corrected chi connectivity index (χ2v) is 5.78. The van der Waals surface area contributed by atoms with Crippen LogP contribution in [0.25, 0.3) is 0 Å². The minimum atomic E-state index is 0.351. The monoisotopic (exact) mass is 266 g/mol. The highest BCUT2D eigenvalue weighted by molar-refractivity contribution is 6.30. The van der Waals surface area contributed by atoms with Crippen molar-refractivity contribution < 1.29 is 4.74 Å². The molecule has 0 amide bonds. The highest BCUT2D eigenvalue weighted by Gasteiger charge is 2.40. The molecule has 2 heterocycles. The third kappa shape index (κ3) is 1.95. The minimum Gasteiger partial charge on any atom is -0.495 e. The quantitative estimate of drug-likeness (QED) is 0.895. The molecular formula is C14H19ClN2O. The summed E-state index contributed by atoms with van der Waals surface area (Å²) in [5, 5.41) is 0.764. The second-order valence-electron chi connectivity index (χ2n) is 5.34. The maximum Gasteiger partial charge on any atom is 0.142 e. The van der Waals surface area contributed by atoms with E-state index in [-0.39, 0.29) is 0 Å². The molecule has 0 radical (unpaired) electrons. The van der Waals surface area contributed by atoms with Crippen molar-refractivity contribution in [2.45, 2.75) is 43.8 Å². The normalized spacial score (nSPS) is 30.6. The number of halogens is 1. The van der Waals surface area contributed by atoms with Crippen LogP contribution in [0, 0.1) is 0 Å². The minimum absolute atomic E-state index is 0.351. The molecule has 0 spiro atoms. The number of benzene rings is 1. The van der Waals surface area contributed by atoms with Gasteiger partial charge < -0.3 is 15.4 Å². The first-order valence-corrected chi connectivity index (χ1v) is 6.94. The first-order chi connectivity index (χ1) is 8.69. The number of nitrogens with two attached hydrogens (primary N) is 1. The van der Waals surface area contributed by atoms with Gasteiger partial charge in [0.1, 0.15) is 5.75 Å². The highest BCUT2D eigenvalue weighted by Crippen LogP contribution is 2.43. The van der Waals surface area contributed by atoms with Crippen LogP contribution in [0.5, 0.6) is 5.75 Å². The summed E-state index contributed by atoms with van der Waals surface area (Å²) in [6.07, 6.45) is 4.61. The van der Waals surface area contributed by atoms with Crippen LogP contribution in [0.4, 0.5) is 5.69 Å². The fourth-order valence-corrected chi connectivity index (χ4v) is 3.64. The van der Waals surface area contributed by atoms with E-state index in [0.29, 0.717) is 18.1 Å². The van der Waals surface area contributed by atoms with E-state index in [4.69, 9.17) is 22.1 Å². The Morgan fingerprint density at radius 2 is 1.94 bits per heavy atom. The van der Waals surface area contributed by atoms with Gasteiger partial charge in [-0.1, -0.05) is 11.6 Å². The second kappa shape index (κ2) is 4.63. The van der Waals surface area contributed by atoms with Crippen molar-refractivity contribution >= 4 is 17.3 Å². The zero-order valence-corrected chi connectivity index (χ0v) is 11.4. The van der Waals surface area contributed by atoms with Gasteiger partial charge >= 0.3 is 0 Å². The largest absolute Gasteiger partial charge is 0.495 e. The molecule has 0 aliphatic carbocycles.